The lowest BCUT2D eigenvalue weighted by Gasteiger charge is -2.09. The van der Waals surface area contributed by atoms with Crippen LogP contribution in [-0.2, 0) is 26.2 Å². The molecule has 0 fully saturated rings. The summed E-state index contributed by atoms with van der Waals surface area (Å²) in [6, 6.07) is 20.2. The molecule has 2 aromatic carbocycles. The third-order valence-electron chi connectivity index (χ3n) is 4.79. The fraction of sp³-hybridized carbons (Fsp3) is 0.200. The Balaban J connectivity index is 1.22. The summed E-state index contributed by atoms with van der Waals surface area (Å²) >= 11 is 0. The molecule has 1 amide bonds. The number of benzene rings is 2. The van der Waals surface area contributed by atoms with Crippen molar-refractivity contribution in [1.82, 2.24) is 20.4 Å². The predicted octanol–water partition coefficient (Wildman–Crippen LogP) is 4.12. The van der Waals surface area contributed by atoms with E-state index in [0.29, 0.717) is 42.6 Å². The SMILES string of the molecule is CCc1nc(COc2ccc(C(=O)NCc3ccc(OCc4ccccn4)cc3)cc2)no1. The van der Waals surface area contributed by atoms with Crippen molar-refractivity contribution in [1.29, 1.82) is 0 Å². The van der Waals surface area contributed by atoms with Crippen molar-refractivity contribution >= 4 is 5.91 Å². The third-order valence-corrected chi connectivity index (χ3v) is 4.79. The number of hydrogen-bond acceptors (Lipinski definition) is 7. The maximum absolute atomic E-state index is 12.5. The number of rotatable bonds is 10. The number of pyridine rings is 1. The van der Waals surface area contributed by atoms with Gasteiger partial charge in [0.25, 0.3) is 5.91 Å². The lowest BCUT2D eigenvalue weighted by Crippen LogP contribution is -2.22. The highest BCUT2D eigenvalue weighted by Gasteiger charge is 2.08. The van der Waals surface area contributed by atoms with Crippen LogP contribution in [0.25, 0.3) is 0 Å². The molecule has 0 bridgehead atoms. The van der Waals surface area contributed by atoms with Gasteiger partial charge >= 0.3 is 0 Å². The summed E-state index contributed by atoms with van der Waals surface area (Å²) in [5.41, 5.74) is 2.39. The summed E-state index contributed by atoms with van der Waals surface area (Å²) < 4.78 is 16.4. The normalized spacial score (nSPS) is 10.6. The van der Waals surface area contributed by atoms with Gasteiger partial charge in [0, 0.05) is 24.7 Å². The lowest BCUT2D eigenvalue weighted by atomic mass is 10.2. The molecule has 0 aliphatic heterocycles. The van der Waals surface area contributed by atoms with E-state index in [-0.39, 0.29) is 12.5 Å². The van der Waals surface area contributed by atoms with Crippen molar-refractivity contribution in [2.45, 2.75) is 33.1 Å². The van der Waals surface area contributed by atoms with Gasteiger partial charge in [-0.15, -0.1) is 0 Å². The highest BCUT2D eigenvalue weighted by molar-refractivity contribution is 5.94. The van der Waals surface area contributed by atoms with Gasteiger partial charge in [0.15, 0.2) is 6.61 Å². The van der Waals surface area contributed by atoms with Gasteiger partial charge in [-0.2, -0.15) is 4.98 Å². The molecule has 168 valence electrons. The van der Waals surface area contributed by atoms with Gasteiger partial charge in [0.05, 0.1) is 5.69 Å². The Morgan fingerprint density at radius 2 is 1.67 bits per heavy atom. The first-order chi connectivity index (χ1) is 16.2. The van der Waals surface area contributed by atoms with Crippen molar-refractivity contribution in [2.24, 2.45) is 0 Å². The number of nitrogens with one attached hydrogen (secondary N) is 1. The number of carbonyl (C=O) groups excluding carboxylic acids is 1. The molecule has 0 saturated carbocycles. The molecule has 0 atom stereocenters. The number of aryl methyl sites for hydroxylation is 1. The van der Waals surface area contributed by atoms with E-state index in [1.165, 1.54) is 0 Å². The number of carbonyl (C=O) groups is 1. The first-order valence-electron chi connectivity index (χ1n) is 10.6. The number of amides is 1. The van der Waals surface area contributed by atoms with Crippen molar-refractivity contribution < 1.29 is 18.8 Å². The molecule has 0 saturated heterocycles. The largest absolute Gasteiger partial charge is 0.487 e. The van der Waals surface area contributed by atoms with E-state index < -0.39 is 0 Å². The number of aromatic nitrogens is 3. The number of ether oxygens (including phenoxy) is 2. The molecule has 33 heavy (non-hydrogen) atoms. The zero-order chi connectivity index (χ0) is 22.9. The minimum absolute atomic E-state index is 0.164. The molecule has 0 aliphatic carbocycles. The van der Waals surface area contributed by atoms with Crippen LogP contribution in [0.3, 0.4) is 0 Å². The zero-order valence-corrected chi connectivity index (χ0v) is 18.2. The summed E-state index contributed by atoms with van der Waals surface area (Å²) in [7, 11) is 0. The van der Waals surface area contributed by atoms with Gasteiger partial charge in [0.1, 0.15) is 18.1 Å². The minimum Gasteiger partial charge on any atom is -0.487 e. The van der Waals surface area contributed by atoms with Crippen LogP contribution in [0.2, 0.25) is 0 Å². The average Bonchev–Trinajstić information content (AvgIpc) is 3.34. The second-order valence-corrected chi connectivity index (χ2v) is 7.21. The predicted molar refractivity (Wildman–Crippen MR) is 121 cm³/mol. The van der Waals surface area contributed by atoms with Crippen molar-refractivity contribution in [2.75, 3.05) is 0 Å². The van der Waals surface area contributed by atoms with Gasteiger partial charge in [-0.1, -0.05) is 30.3 Å². The van der Waals surface area contributed by atoms with Crippen LogP contribution in [0.1, 0.15) is 40.3 Å². The Bertz CT molecular complexity index is 1160. The molecule has 2 heterocycles. The van der Waals surface area contributed by atoms with Crippen LogP contribution in [0.4, 0.5) is 0 Å². The standard InChI is InChI=1S/C25H24N4O4/c1-2-24-28-23(29-33-24)17-32-22-12-8-19(9-13-22)25(30)27-15-18-6-10-21(11-7-18)31-16-20-5-3-4-14-26-20/h3-14H,2,15-17H2,1H3,(H,27,30). The van der Waals surface area contributed by atoms with E-state index in [0.717, 1.165) is 17.0 Å². The molecule has 0 unspecified atom stereocenters. The molecule has 0 radical (unpaired) electrons. The first kappa shape index (κ1) is 22.0. The van der Waals surface area contributed by atoms with Crippen LogP contribution < -0.4 is 14.8 Å². The summed E-state index contributed by atoms with van der Waals surface area (Å²) in [6.45, 7) is 2.97. The van der Waals surface area contributed by atoms with Crippen LogP contribution in [0.5, 0.6) is 11.5 Å². The van der Waals surface area contributed by atoms with Crippen molar-refractivity contribution in [3.8, 4) is 11.5 Å². The molecule has 4 rings (SSSR count). The highest BCUT2D eigenvalue weighted by atomic mass is 16.5. The Morgan fingerprint density at radius 3 is 2.33 bits per heavy atom. The Morgan fingerprint density at radius 1 is 0.939 bits per heavy atom. The van der Waals surface area contributed by atoms with Crippen LogP contribution in [-0.4, -0.2) is 21.0 Å². The zero-order valence-electron chi connectivity index (χ0n) is 18.2. The molecule has 2 aromatic heterocycles. The van der Waals surface area contributed by atoms with E-state index in [4.69, 9.17) is 14.0 Å². The number of nitrogens with zero attached hydrogens (tertiary/aromatic N) is 3. The summed E-state index contributed by atoms with van der Waals surface area (Å²) in [5, 5.41) is 6.76. The van der Waals surface area contributed by atoms with Crippen LogP contribution in [0, 0.1) is 0 Å². The van der Waals surface area contributed by atoms with Crippen LogP contribution >= 0.6 is 0 Å². The molecule has 8 heteroatoms. The maximum Gasteiger partial charge on any atom is 0.251 e. The molecular formula is C25H24N4O4. The first-order valence-corrected chi connectivity index (χ1v) is 10.6. The number of hydrogen-bond donors (Lipinski definition) is 1. The van der Waals surface area contributed by atoms with E-state index in [1.807, 2.05) is 49.4 Å². The topological polar surface area (TPSA) is 99.4 Å². The Hall–Kier alpha value is -4.20. The van der Waals surface area contributed by atoms with Gasteiger partial charge in [-0.25, -0.2) is 0 Å². The van der Waals surface area contributed by atoms with Crippen molar-refractivity contribution in [3.63, 3.8) is 0 Å². The fourth-order valence-corrected chi connectivity index (χ4v) is 2.97. The summed E-state index contributed by atoms with van der Waals surface area (Å²) in [6.07, 6.45) is 2.42. The summed E-state index contributed by atoms with van der Waals surface area (Å²) in [5.74, 6) is 2.27. The van der Waals surface area contributed by atoms with E-state index in [2.05, 4.69) is 20.4 Å². The summed E-state index contributed by atoms with van der Waals surface area (Å²) in [4.78, 5) is 20.9. The van der Waals surface area contributed by atoms with Gasteiger partial charge in [-0.05, 0) is 54.1 Å². The van der Waals surface area contributed by atoms with E-state index in [9.17, 15) is 4.79 Å². The van der Waals surface area contributed by atoms with Gasteiger partial charge in [0.2, 0.25) is 11.7 Å². The maximum atomic E-state index is 12.5. The minimum atomic E-state index is -0.164. The monoisotopic (exact) mass is 444 g/mol. The average molecular weight is 444 g/mol. The quantitative estimate of drug-likeness (QED) is 0.393. The second-order valence-electron chi connectivity index (χ2n) is 7.21. The Labute approximate surface area is 191 Å². The third kappa shape index (κ3) is 6.39. The molecular weight excluding hydrogens is 420 g/mol. The lowest BCUT2D eigenvalue weighted by molar-refractivity contribution is 0.0951. The second kappa shape index (κ2) is 10.9. The van der Waals surface area contributed by atoms with Gasteiger partial charge < -0.3 is 19.3 Å². The molecule has 1 N–H and O–H groups in total. The smallest absolute Gasteiger partial charge is 0.251 e. The molecule has 0 spiro atoms. The van der Waals surface area contributed by atoms with E-state index in [1.54, 1.807) is 30.5 Å². The molecule has 8 nitrogen and oxygen atoms in total. The van der Waals surface area contributed by atoms with E-state index >= 15 is 0 Å². The Kier molecular flexibility index (Phi) is 7.27. The highest BCUT2D eigenvalue weighted by Crippen LogP contribution is 2.16. The van der Waals surface area contributed by atoms with Crippen LogP contribution in [0.15, 0.2) is 77.4 Å². The van der Waals surface area contributed by atoms with Crippen molar-refractivity contribution in [3.05, 3.63) is 101 Å². The van der Waals surface area contributed by atoms with Gasteiger partial charge in [-0.3, -0.25) is 9.78 Å². The molecule has 4 aromatic rings. The molecule has 0 aliphatic rings. The fourth-order valence-electron chi connectivity index (χ4n) is 2.97.